The van der Waals surface area contributed by atoms with Crippen LogP contribution in [0.4, 0.5) is 10.1 Å². The molecule has 0 aromatic heterocycles. The first-order chi connectivity index (χ1) is 9.89. The molecule has 2 rings (SSSR count). The summed E-state index contributed by atoms with van der Waals surface area (Å²) in [5.41, 5.74) is -0.0587. The van der Waals surface area contributed by atoms with Gasteiger partial charge in [0.15, 0.2) is 0 Å². The second-order valence-electron chi connectivity index (χ2n) is 5.08. The van der Waals surface area contributed by atoms with E-state index in [-0.39, 0.29) is 12.2 Å². The van der Waals surface area contributed by atoms with Crippen LogP contribution in [-0.2, 0) is 11.2 Å². The minimum atomic E-state index is -1.27. The van der Waals surface area contributed by atoms with Crippen molar-refractivity contribution in [1.82, 2.24) is 0 Å². The highest BCUT2D eigenvalue weighted by atomic mass is 35.5. The lowest BCUT2D eigenvalue weighted by molar-refractivity contribution is -0.141. The molecule has 0 heterocycles. The van der Waals surface area contributed by atoms with Crippen molar-refractivity contribution >= 4 is 23.3 Å². The number of aliphatic carboxylic acids is 1. The molecule has 0 aliphatic heterocycles. The summed E-state index contributed by atoms with van der Waals surface area (Å²) >= 11 is 5.90. The zero-order valence-electron chi connectivity index (χ0n) is 11.4. The number of halogens is 2. The molecule has 5 heteroatoms. The third-order valence-corrected chi connectivity index (χ3v) is 3.40. The van der Waals surface area contributed by atoms with Crippen molar-refractivity contribution in [2.75, 3.05) is 5.32 Å². The van der Waals surface area contributed by atoms with Crippen LogP contribution in [0.1, 0.15) is 12.5 Å². The van der Waals surface area contributed by atoms with Gasteiger partial charge in [0.1, 0.15) is 11.4 Å². The molecule has 0 saturated heterocycles. The van der Waals surface area contributed by atoms with Crippen molar-refractivity contribution < 1.29 is 14.3 Å². The summed E-state index contributed by atoms with van der Waals surface area (Å²) in [6.07, 6.45) is 0.145. The maximum absolute atomic E-state index is 13.2. The molecule has 0 bridgehead atoms. The summed E-state index contributed by atoms with van der Waals surface area (Å²) in [6.45, 7) is 1.56. The van der Waals surface area contributed by atoms with Crippen molar-refractivity contribution in [3.63, 3.8) is 0 Å². The van der Waals surface area contributed by atoms with Crippen molar-refractivity contribution in [3.05, 3.63) is 64.9 Å². The third kappa shape index (κ3) is 3.95. The van der Waals surface area contributed by atoms with Crippen LogP contribution in [0, 0.1) is 5.82 Å². The zero-order valence-corrected chi connectivity index (χ0v) is 12.2. The largest absolute Gasteiger partial charge is 0.480 e. The lowest BCUT2D eigenvalue weighted by Crippen LogP contribution is -2.45. The molecule has 0 aliphatic carbocycles. The number of benzene rings is 2. The van der Waals surface area contributed by atoms with Gasteiger partial charge in [-0.3, -0.25) is 0 Å². The fourth-order valence-corrected chi connectivity index (χ4v) is 2.30. The van der Waals surface area contributed by atoms with E-state index < -0.39 is 11.5 Å². The normalized spacial score (nSPS) is 13.5. The summed E-state index contributed by atoms with van der Waals surface area (Å²) in [5.74, 6) is -1.41. The summed E-state index contributed by atoms with van der Waals surface area (Å²) in [5, 5.41) is 13.0. The Morgan fingerprint density at radius 3 is 2.62 bits per heavy atom. The number of hydrogen-bond donors (Lipinski definition) is 2. The third-order valence-electron chi connectivity index (χ3n) is 3.16. The Morgan fingerprint density at radius 2 is 2.00 bits per heavy atom. The Morgan fingerprint density at radius 1 is 1.29 bits per heavy atom. The van der Waals surface area contributed by atoms with Crippen molar-refractivity contribution in [2.24, 2.45) is 0 Å². The Kier molecular flexibility index (Phi) is 4.48. The molecule has 3 nitrogen and oxygen atoms in total. The van der Waals surface area contributed by atoms with Gasteiger partial charge in [0.2, 0.25) is 0 Å². The minimum Gasteiger partial charge on any atom is -0.480 e. The first kappa shape index (κ1) is 15.3. The van der Waals surface area contributed by atoms with E-state index in [4.69, 9.17) is 11.6 Å². The minimum absolute atomic E-state index is 0.145. The smallest absolute Gasteiger partial charge is 0.329 e. The Balaban J connectivity index is 2.26. The van der Waals surface area contributed by atoms with Gasteiger partial charge in [-0.2, -0.15) is 0 Å². The fourth-order valence-electron chi connectivity index (χ4n) is 2.11. The highest BCUT2D eigenvalue weighted by molar-refractivity contribution is 6.30. The quantitative estimate of drug-likeness (QED) is 0.878. The molecule has 1 atom stereocenters. The first-order valence-electron chi connectivity index (χ1n) is 6.41. The number of rotatable bonds is 5. The van der Waals surface area contributed by atoms with Crippen LogP contribution in [-0.4, -0.2) is 16.6 Å². The van der Waals surface area contributed by atoms with Crippen molar-refractivity contribution in [2.45, 2.75) is 18.9 Å². The molecular weight excluding hydrogens is 293 g/mol. The van der Waals surface area contributed by atoms with Gasteiger partial charge in [-0.25, -0.2) is 9.18 Å². The maximum Gasteiger partial charge on any atom is 0.329 e. The van der Waals surface area contributed by atoms with E-state index in [9.17, 15) is 14.3 Å². The second kappa shape index (κ2) is 6.14. The molecule has 110 valence electrons. The van der Waals surface area contributed by atoms with Gasteiger partial charge in [0.25, 0.3) is 0 Å². The molecule has 2 N–H and O–H groups in total. The van der Waals surface area contributed by atoms with Crippen LogP contribution in [0.3, 0.4) is 0 Å². The van der Waals surface area contributed by atoms with E-state index in [0.717, 1.165) is 0 Å². The molecule has 0 aliphatic rings. The van der Waals surface area contributed by atoms with Gasteiger partial charge in [0, 0.05) is 17.1 Å². The second-order valence-corrected chi connectivity index (χ2v) is 5.52. The van der Waals surface area contributed by atoms with Crippen LogP contribution >= 0.6 is 11.6 Å². The van der Waals surface area contributed by atoms with Crippen LogP contribution in [0.25, 0.3) is 0 Å². The number of nitrogens with one attached hydrogen (secondary N) is 1. The Hall–Kier alpha value is -2.07. The number of carbonyl (C=O) groups is 1. The molecular formula is C16H15ClFNO2. The number of anilines is 1. The average molecular weight is 308 g/mol. The lowest BCUT2D eigenvalue weighted by atomic mass is 9.92. The zero-order chi connectivity index (χ0) is 15.5. The van der Waals surface area contributed by atoms with Crippen LogP contribution in [0.5, 0.6) is 0 Å². The highest BCUT2D eigenvalue weighted by Crippen LogP contribution is 2.23. The van der Waals surface area contributed by atoms with Crippen molar-refractivity contribution in [3.8, 4) is 0 Å². The van der Waals surface area contributed by atoms with Gasteiger partial charge < -0.3 is 10.4 Å². The van der Waals surface area contributed by atoms with Gasteiger partial charge in [-0.15, -0.1) is 0 Å². The van der Waals surface area contributed by atoms with E-state index in [0.29, 0.717) is 16.3 Å². The molecule has 0 amide bonds. The van der Waals surface area contributed by atoms with Crippen LogP contribution < -0.4 is 5.32 Å². The molecule has 1 unspecified atom stereocenters. The summed E-state index contributed by atoms with van der Waals surface area (Å²) in [7, 11) is 0. The number of hydrogen-bond acceptors (Lipinski definition) is 2. The van der Waals surface area contributed by atoms with E-state index in [1.165, 1.54) is 12.1 Å². The highest BCUT2D eigenvalue weighted by Gasteiger charge is 2.33. The Bertz CT molecular complexity index is 613. The molecule has 2 aromatic carbocycles. The van der Waals surface area contributed by atoms with E-state index >= 15 is 0 Å². The fraction of sp³-hybridized carbons (Fsp3) is 0.188. The van der Waals surface area contributed by atoms with E-state index in [1.54, 1.807) is 43.3 Å². The van der Waals surface area contributed by atoms with Crippen LogP contribution in [0.15, 0.2) is 48.5 Å². The maximum atomic E-state index is 13.2. The molecule has 2 aromatic rings. The van der Waals surface area contributed by atoms with Gasteiger partial charge in [0.05, 0.1) is 0 Å². The average Bonchev–Trinajstić information content (AvgIpc) is 2.38. The van der Waals surface area contributed by atoms with Crippen molar-refractivity contribution in [1.29, 1.82) is 0 Å². The Labute approximate surface area is 127 Å². The number of carboxylic acids is 1. The topological polar surface area (TPSA) is 49.3 Å². The lowest BCUT2D eigenvalue weighted by Gasteiger charge is -2.27. The molecule has 0 fully saturated rings. The summed E-state index contributed by atoms with van der Waals surface area (Å²) < 4.78 is 13.2. The first-order valence-corrected chi connectivity index (χ1v) is 6.78. The summed E-state index contributed by atoms with van der Waals surface area (Å²) in [4.78, 5) is 11.6. The van der Waals surface area contributed by atoms with E-state index in [1.807, 2.05) is 0 Å². The van der Waals surface area contributed by atoms with Gasteiger partial charge in [-0.1, -0.05) is 29.8 Å². The monoisotopic (exact) mass is 307 g/mol. The predicted molar refractivity (Wildman–Crippen MR) is 81.2 cm³/mol. The van der Waals surface area contributed by atoms with E-state index in [2.05, 4.69) is 5.32 Å². The number of carboxylic acid groups (broad SMARTS) is 1. The molecule has 0 radical (unpaired) electrons. The standard InChI is InChI=1S/C16H15ClFNO2/c1-16(15(20)21,10-11-4-2-6-13(18)8-11)19-14-7-3-5-12(17)9-14/h2-9,19H,10H2,1H3,(H,20,21). The van der Waals surface area contributed by atoms with Gasteiger partial charge in [-0.05, 0) is 42.8 Å². The summed E-state index contributed by atoms with van der Waals surface area (Å²) in [6, 6.07) is 12.7. The predicted octanol–water partition coefficient (Wildman–Crippen LogP) is 3.98. The molecule has 21 heavy (non-hydrogen) atoms. The SMILES string of the molecule is CC(Cc1cccc(F)c1)(Nc1cccc(Cl)c1)C(=O)O. The molecule has 0 spiro atoms. The molecule has 0 saturated carbocycles. The van der Waals surface area contributed by atoms with Crippen LogP contribution in [0.2, 0.25) is 5.02 Å². The van der Waals surface area contributed by atoms with Gasteiger partial charge >= 0.3 is 5.97 Å².